The van der Waals surface area contributed by atoms with E-state index in [2.05, 4.69) is 28.2 Å². The van der Waals surface area contributed by atoms with Gasteiger partial charge in [0.2, 0.25) is 0 Å². The Balaban J connectivity index is 2.21. The molecule has 1 aliphatic carbocycles. The van der Waals surface area contributed by atoms with E-state index in [1.807, 2.05) is 6.07 Å². The summed E-state index contributed by atoms with van der Waals surface area (Å²) in [5.41, 5.74) is 0.551. The molecule has 0 radical (unpaired) electrons. The maximum atomic E-state index is 12.4. The van der Waals surface area contributed by atoms with Crippen LogP contribution in [-0.2, 0) is 4.79 Å². The number of aromatic hydroxyl groups is 1. The highest BCUT2D eigenvalue weighted by Crippen LogP contribution is 2.33. The third-order valence-corrected chi connectivity index (χ3v) is 5.08. The first-order valence-electron chi connectivity index (χ1n) is 7.95. The van der Waals surface area contributed by atoms with Crippen molar-refractivity contribution in [2.24, 2.45) is 5.92 Å². The fraction of sp³-hybridized carbons (Fsp3) is 0.444. The summed E-state index contributed by atoms with van der Waals surface area (Å²) < 4.78 is 5.66. The number of nitrogens with one attached hydrogen (secondary N) is 1. The molecule has 1 aliphatic rings. The van der Waals surface area contributed by atoms with Crippen LogP contribution in [0.1, 0.15) is 38.2 Å². The summed E-state index contributed by atoms with van der Waals surface area (Å²) >= 11 is 3.36. The molecular formula is C18H21BrN2O3. The molecule has 1 amide bonds. The van der Waals surface area contributed by atoms with Crippen molar-refractivity contribution in [3.8, 4) is 17.6 Å². The number of carbonyl (C=O) groups is 1. The van der Waals surface area contributed by atoms with Crippen molar-refractivity contribution in [3.63, 3.8) is 0 Å². The van der Waals surface area contributed by atoms with E-state index in [1.54, 1.807) is 6.07 Å². The smallest absolute Gasteiger partial charge is 0.262 e. The molecule has 128 valence electrons. The van der Waals surface area contributed by atoms with Crippen molar-refractivity contribution < 1.29 is 14.6 Å². The number of methoxy groups -OCH3 is 1. The highest BCUT2D eigenvalue weighted by Gasteiger charge is 2.24. The van der Waals surface area contributed by atoms with E-state index in [0.29, 0.717) is 21.7 Å². The minimum atomic E-state index is -0.376. The summed E-state index contributed by atoms with van der Waals surface area (Å²) in [5.74, 6) is 0.307. The van der Waals surface area contributed by atoms with Gasteiger partial charge in [-0.1, -0.05) is 35.7 Å². The second kappa shape index (κ2) is 8.20. The van der Waals surface area contributed by atoms with Gasteiger partial charge in [0.15, 0.2) is 11.5 Å². The molecular weight excluding hydrogens is 372 g/mol. The molecule has 24 heavy (non-hydrogen) atoms. The largest absolute Gasteiger partial charge is 0.504 e. The number of ether oxygens (including phenoxy) is 1. The van der Waals surface area contributed by atoms with Gasteiger partial charge in [0.05, 0.1) is 7.11 Å². The fourth-order valence-corrected chi connectivity index (χ4v) is 3.35. The second-order valence-corrected chi connectivity index (χ2v) is 6.91. The molecule has 0 heterocycles. The number of rotatable bonds is 4. The van der Waals surface area contributed by atoms with Gasteiger partial charge < -0.3 is 15.2 Å². The van der Waals surface area contributed by atoms with E-state index in [4.69, 9.17) is 4.74 Å². The highest BCUT2D eigenvalue weighted by atomic mass is 79.9. The molecule has 0 bridgehead atoms. The van der Waals surface area contributed by atoms with Gasteiger partial charge in [-0.25, -0.2) is 0 Å². The number of nitriles is 1. The standard InChI is InChI=1S/C18H21BrN2O3/c1-11-5-3-4-6-15(11)21-18(23)13(10-20)7-12-8-16(22)17(24-2)9-14(12)19/h7-9,11,15,22H,3-6H2,1-2H3,(H,21,23)/b13-7+/t11-,15+/m0/s1. The molecule has 6 heteroatoms. The highest BCUT2D eigenvalue weighted by molar-refractivity contribution is 9.10. The average Bonchev–Trinajstić information content (AvgIpc) is 2.57. The Labute approximate surface area is 150 Å². The number of benzene rings is 1. The molecule has 0 saturated heterocycles. The van der Waals surface area contributed by atoms with E-state index in [0.717, 1.165) is 19.3 Å². The molecule has 2 N–H and O–H groups in total. The number of nitrogens with zero attached hydrogens (tertiary/aromatic N) is 1. The lowest BCUT2D eigenvalue weighted by atomic mass is 9.86. The van der Waals surface area contributed by atoms with Crippen molar-refractivity contribution in [3.05, 3.63) is 27.7 Å². The fourth-order valence-electron chi connectivity index (χ4n) is 2.91. The van der Waals surface area contributed by atoms with Crippen molar-refractivity contribution >= 4 is 27.9 Å². The van der Waals surface area contributed by atoms with Gasteiger partial charge in [-0.15, -0.1) is 0 Å². The zero-order chi connectivity index (χ0) is 17.7. The molecule has 0 spiro atoms. The lowest BCUT2D eigenvalue weighted by Gasteiger charge is -2.29. The number of carbonyl (C=O) groups excluding carboxylic acids is 1. The first-order chi connectivity index (χ1) is 11.5. The van der Waals surface area contributed by atoms with E-state index < -0.39 is 0 Å². The van der Waals surface area contributed by atoms with Crippen LogP contribution in [-0.4, -0.2) is 24.2 Å². The summed E-state index contributed by atoms with van der Waals surface area (Å²) in [6.07, 6.45) is 5.78. The summed E-state index contributed by atoms with van der Waals surface area (Å²) in [7, 11) is 1.45. The first kappa shape index (κ1) is 18.3. The molecule has 1 aromatic rings. The molecule has 0 aromatic heterocycles. The van der Waals surface area contributed by atoms with Gasteiger partial charge >= 0.3 is 0 Å². The van der Waals surface area contributed by atoms with Crippen LogP contribution in [0.15, 0.2) is 22.2 Å². The van der Waals surface area contributed by atoms with Crippen LogP contribution >= 0.6 is 15.9 Å². The molecule has 2 rings (SSSR count). The van der Waals surface area contributed by atoms with Gasteiger partial charge in [0.25, 0.3) is 5.91 Å². The first-order valence-corrected chi connectivity index (χ1v) is 8.74. The van der Waals surface area contributed by atoms with Gasteiger partial charge in [0, 0.05) is 10.5 Å². The van der Waals surface area contributed by atoms with Crippen LogP contribution in [0.4, 0.5) is 0 Å². The lowest BCUT2D eigenvalue weighted by Crippen LogP contribution is -2.41. The third kappa shape index (κ3) is 4.30. The van der Waals surface area contributed by atoms with Gasteiger partial charge in [0.1, 0.15) is 11.6 Å². The van der Waals surface area contributed by atoms with Crippen molar-refractivity contribution in [1.29, 1.82) is 5.26 Å². The quantitative estimate of drug-likeness (QED) is 0.603. The predicted octanol–water partition coefficient (Wildman–Crippen LogP) is 3.77. The Morgan fingerprint density at radius 3 is 2.79 bits per heavy atom. The van der Waals surface area contributed by atoms with Crippen LogP contribution in [0, 0.1) is 17.2 Å². The number of phenolic OH excluding ortho intramolecular Hbond substituents is 1. The number of amides is 1. The zero-order valence-electron chi connectivity index (χ0n) is 13.8. The maximum absolute atomic E-state index is 12.4. The normalized spacial score (nSPS) is 21.0. The Kier molecular flexibility index (Phi) is 6.27. The minimum Gasteiger partial charge on any atom is -0.504 e. The molecule has 1 saturated carbocycles. The number of hydrogen-bond donors (Lipinski definition) is 2. The number of halogens is 1. The SMILES string of the molecule is COc1cc(Br)c(/C=C(\C#N)C(=O)N[C@@H]2CCCC[C@@H]2C)cc1O. The van der Waals surface area contributed by atoms with Crippen molar-refractivity contribution in [1.82, 2.24) is 5.32 Å². The van der Waals surface area contributed by atoms with E-state index in [1.165, 1.54) is 25.7 Å². The molecule has 0 aliphatic heterocycles. The molecule has 2 atom stereocenters. The van der Waals surface area contributed by atoms with E-state index >= 15 is 0 Å². The second-order valence-electron chi connectivity index (χ2n) is 6.06. The zero-order valence-corrected chi connectivity index (χ0v) is 15.4. The van der Waals surface area contributed by atoms with Gasteiger partial charge in [-0.2, -0.15) is 5.26 Å². The minimum absolute atomic E-state index is 0.0121. The molecule has 5 nitrogen and oxygen atoms in total. The van der Waals surface area contributed by atoms with Gasteiger partial charge in [-0.05, 0) is 42.5 Å². The average molecular weight is 393 g/mol. The third-order valence-electron chi connectivity index (χ3n) is 4.39. The van der Waals surface area contributed by atoms with Crippen LogP contribution < -0.4 is 10.1 Å². The molecule has 0 unspecified atom stereocenters. The molecule has 1 fully saturated rings. The number of hydrogen-bond acceptors (Lipinski definition) is 4. The maximum Gasteiger partial charge on any atom is 0.262 e. The summed E-state index contributed by atoms with van der Waals surface area (Å²) in [4.78, 5) is 12.4. The summed E-state index contributed by atoms with van der Waals surface area (Å²) in [6, 6.07) is 5.10. The lowest BCUT2D eigenvalue weighted by molar-refractivity contribution is -0.118. The van der Waals surface area contributed by atoms with Crippen LogP contribution in [0.3, 0.4) is 0 Å². The summed E-state index contributed by atoms with van der Waals surface area (Å²) in [5, 5.41) is 22.2. The summed E-state index contributed by atoms with van der Waals surface area (Å²) in [6.45, 7) is 2.12. The van der Waals surface area contributed by atoms with Gasteiger partial charge in [-0.3, -0.25) is 4.79 Å². The Bertz CT molecular complexity index is 694. The van der Waals surface area contributed by atoms with Crippen LogP contribution in [0.25, 0.3) is 6.08 Å². The topological polar surface area (TPSA) is 82.3 Å². The van der Waals surface area contributed by atoms with E-state index in [-0.39, 0.29) is 23.3 Å². The van der Waals surface area contributed by atoms with Crippen LogP contribution in [0.5, 0.6) is 11.5 Å². The van der Waals surface area contributed by atoms with Crippen molar-refractivity contribution in [2.75, 3.05) is 7.11 Å². The molecule has 1 aromatic carbocycles. The van der Waals surface area contributed by atoms with E-state index in [9.17, 15) is 15.2 Å². The van der Waals surface area contributed by atoms with Crippen molar-refractivity contribution in [2.45, 2.75) is 38.6 Å². The van der Waals surface area contributed by atoms with Crippen LogP contribution in [0.2, 0.25) is 0 Å². The Morgan fingerprint density at radius 2 is 2.17 bits per heavy atom. The monoisotopic (exact) mass is 392 g/mol. The Hall–Kier alpha value is -2.00. The number of phenols is 1. The predicted molar refractivity (Wildman–Crippen MR) is 95.5 cm³/mol. The Morgan fingerprint density at radius 1 is 1.46 bits per heavy atom.